The van der Waals surface area contributed by atoms with Crippen LogP contribution < -0.4 is 5.32 Å². The number of aliphatic hydroxyl groups excluding tert-OH is 1. The van der Waals surface area contributed by atoms with E-state index < -0.39 is 6.10 Å². The maximum Gasteiger partial charge on any atom is 0.324 e. The monoisotopic (exact) mass is 254 g/mol. The summed E-state index contributed by atoms with van der Waals surface area (Å²) in [5.41, 5.74) is 0. The van der Waals surface area contributed by atoms with E-state index in [1.165, 1.54) is 4.80 Å². The second kappa shape index (κ2) is 4.89. The number of amides is 2. The van der Waals surface area contributed by atoms with E-state index in [-0.39, 0.29) is 24.1 Å². The van der Waals surface area contributed by atoms with Gasteiger partial charge in [-0.25, -0.2) is 4.79 Å². The molecule has 0 spiro atoms. The van der Waals surface area contributed by atoms with Gasteiger partial charge in [0.1, 0.15) is 0 Å². The van der Waals surface area contributed by atoms with Crippen LogP contribution >= 0.6 is 0 Å². The third kappa shape index (κ3) is 2.42. The molecule has 1 aliphatic heterocycles. The fraction of sp³-hybridized carbons (Fsp3) is 0.800. The molecule has 2 rings (SSSR count). The van der Waals surface area contributed by atoms with Gasteiger partial charge in [-0.2, -0.15) is 4.80 Å². The Balaban J connectivity index is 1.98. The van der Waals surface area contributed by atoms with Crippen LogP contribution in [0.2, 0.25) is 0 Å². The lowest BCUT2D eigenvalue weighted by molar-refractivity contribution is 0.135. The van der Waals surface area contributed by atoms with Crippen molar-refractivity contribution in [2.45, 2.75) is 45.4 Å². The number of nitrogens with one attached hydrogen (secondary N) is 1. The van der Waals surface area contributed by atoms with Gasteiger partial charge in [-0.1, -0.05) is 5.10 Å². The van der Waals surface area contributed by atoms with Crippen LogP contribution in [-0.2, 0) is 0 Å². The highest BCUT2D eigenvalue weighted by atomic mass is 16.3. The molecule has 18 heavy (non-hydrogen) atoms. The molecule has 1 fully saturated rings. The molecule has 1 aromatic rings. The molecule has 0 radical (unpaired) electrons. The minimum Gasteiger partial charge on any atom is -0.391 e. The molecule has 1 aromatic heterocycles. The quantitative estimate of drug-likeness (QED) is 0.788. The summed E-state index contributed by atoms with van der Waals surface area (Å²) in [5.74, 6) is 0.183. The molecule has 2 atom stereocenters. The highest BCUT2D eigenvalue weighted by Gasteiger charge is 2.32. The summed E-state index contributed by atoms with van der Waals surface area (Å²) in [4.78, 5) is 14.9. The van der Waals surface area contributed by atoms with Gasteiger partial charge in [-0.3, -0.25) is 5.32 Å². The van der Waals surface area contributed by atoms with Crippen LogP contribution in [0.3, 0.4) is 0 Å². The third-order valence-electron chi connectivity index (χ3n) is 3.08. The van der Waals surface area contributed by atoms with Crippen LogP contribution in [0.4, 0.5) is 10.7 Å². The van der Waals surface area contributed by atoms with Gasteiger partial charge in [0, 0.05) is 6.54 Å². The number of hydrogen-bond donors (Lipinski definition) is 2. The van der Waals surface area contributed by atoms with Crippen molar-refractivity contribution in [3.63, 3.8) is 0 Å². The first-order chi connectivity index (χ1) is 8.49. The first-order valence-electron chi connectivity index (χ1n) is 6.04. The van der Waals surface area contributed by atoms with Crippen molar-refractivity contribution in [1.29, 1.82) is 0 Å². The molecule has 0 aromatic carbocycles. The zero-order valence-corrected chi connectivity index (χ0v) is 10.7. The maximum absolute atomic E-state index is 11.9. The van der Waals surface area contributed by atoms with E-state index in [0.717, 1.165) is 0 Å². The predicted molar refractivity (Wildman–Crippen MR) is 64.0 cm³/mol. The Labute approximate surface area is 105 Å². The lowest BCUT2D eigenvalue weighted by Gasteiger charge is -2.21. The zero-order chi connectivity index (χ0) is 13.3. The fourth-order valence-electron chi connectivity index (χ4n) is 1.87. The molecular weight excluding hydrogens is 236 g/mol. The Bertz CT molecular complexity index is 432. The van der Waals surface area contributed by atoms with Crippen LogP contribution in [0.25, 0.3) is 0 Å². The Morgan fingerprint density at radius 1 is 1.56 bits per heavy atom. The van der Waals surface area contributed by atoms with Crippen LogP contribution in [0, 0.1) is 0 Å². The predicted octanol–water partition coefficient (Wildman–Crippen LogP) is 0.241. The van der Waals surface area contributed by atoms with E-state index >= 15 is 0 Å². The minimum absolute atomic E-state index is 0.0932. The summed E-state index contributed by atoms with van der Waals surface area (Å²) in [6.45, 7) is 6.19. The van der Waals surface area contributed by atoms with E-state index in [4.69, 9.17) is 0 Å². The van der Waals surface area contributed by atoms with E-state index in [1.54, 1.807) is 4.90 Å². The molecule has 0 saturated carbocycles. The molecule has 2 N–H and O–H groups in total. The van der Waals surface area contributed by atoms with E-state index in [1.807, 2.05) is 20.8 Å². The number of carbonyl (C=O) groups excluding carboxylic acids is 1. The number of nitrogens with zero attached hydrogens (tertiary/aromatic N) is 5. The summed E-state index contributed by atoms with van der Waals surface area (Å²) in [5, 5.41) is 23.8. The third-order valence-corrected chi connectivity index (χ3v) is 3.08. The molecule has 1 saturated heterocycles. The SMILES string of the molecule is CC(C)n1nnc(NC(=O)N2CC[C@@H](O)[C@H]2C)n1. The number of likely N-dealkylation sites (tertiary alicyclic amines) is 1. The summed E-state index contributed by atoms with van der Waals surface area (Å²) >= 11 is 0. The first kappa shape index (κ1) is 12.7. The van der Waals surface area contributed by atoms with Gasteiger partial charge < -0.3 is 10.0 Å². The summed E-state index contributed by atoms with van der Waals surface area (Å²) in [7, 11) is 0. The average molecular weight is 254 g/mol. The Kier molecular flexibility index (Phi) is 3.46. The summed E-state index contributed by atoms with van der Waals surface area (Å²) in [6, 6.07) is -0.400. The normalized spacial score (nSPS) is 23.7. The Morgan fingerprint density at radius 3 is 2.78 bits per heavy atom. The highest BCUT2D eigenvalue weighted by Crippen LogP contribution is 2.18. The number of rotatable bonds is 2. The molecular formula is C10H18N6O2. The summed E-state index contributed by atoms with van der Waals surface area (Å²) in [6.07, 6.45) is 0.135. The topological polar surface area (TPSA) is 96.2 Å². The molecule has 2 heterocycles. The number of anilines is 1. The molecule has 8 nitrogen and oxygen atoms in total. The molecule has 1 aliphatic rings. The van der Waals surface area contributed by atoms with E-state index in [2.05, 4.69) is 20.7 Å². The van der Waals surface area contributed by atoms with Gasteiger partial charge in [-0.15, -0.1) is 5.10 Å². The van der Waals surface area contributed by atoms with Gasteiger partial charge in [-0.05, 0) is 32.4 Å². The van der Waals surface area contributed by atoms with Gasteiger partial charge >= 0.3 is 6.03 Å². The van der Waals surface area contributed by atoms with Crippen LogP contribution in [-0.4, -0.2) is 54.9 Å². The molecule has 0 unspecified atom stereocenters. The lowest BCUT2D eigenvalue weighted by Crippen LogP contribution is -2.40. The Hall–Kier alpha value is -1.70. The van der Waals surface area contributed by atoms with Crippen molar-refractivity contribution >= 4 is 12.0 Å². The second-order valence-electron chi connectivity index (χ2n) is 4.75. The van der Waals surface area contributed by atoms with Gasteiger partial charge in [0.25, 0.3) is 5.95 Å². The highest BCUT2D eigenvalue weighted by molar-refractivity contribution is 5.87. The second-order valence-corrected chi connectivity index (χ2v) is 4.75. The molecule has 8 heteroatoms. The van der Waals surface area contributed by atoms with Crippen molar-refractivity contribution < 1.29 is 9.90 Å². The van der Waals surface area contributed by atoms with Crippen molar-refractivity contribution in [3.05, 3.63) is 0 Å². The molecule has 2 amide bonds. The first-order valence-corrected chi connectivity index (χ1v) is 6.04. The maximum atomic E-state index is 11.9. The lowest BCUT2D eigenvalue weighted by atomic mass is 10.2. The number of carbonyl (C=O) groups is 1. The number of hydrogen-bond acceptors (Lipinski definition) is 5. The van der Waals surface area contributed by atoms with Gasteiger partial charge in [0.05, 0.1) is 18.2 Å². The zero-order valence-electron chi connectivity index (χ0n) is 10.7. The molecule has 100 valence electrons. The van der Waals surface area contributed by atoms with Crippen molar-refractivity contribution in [3.8, 4) is 0 Å². The molecule has 0 aliphatic carbocycles. The fourth-order valence-corrected chi connectivity index (χ4v) is 1.87. The van der Waals surface area contributed by atoms with Crippen LogP contribution in [0.15, 0.2) is 0 Å². The Morgan fingerprint density at radius 2 is 2.28 bits per heavy atom. The van der Waals surface area contributed by atoms with E-state index in [0.29, 0.717) is 13.0 Å². The van der Waals surface area contributed by atoms with Gasteiger partial charge in [0.2, 0.25) is 0 Å². The van der Waals surface area contributed by atoms with Crippen molar-refractivity contribution in [1.82, 2.24) is 25.1 Å². The number of tetrazole rings is 1. The summed E-state index contributed by atoms with van der Waals surface area (Å²) < 4.78 is 0. The molecule has 0 bridgehead atoms. The number of aromatic nitrogens is 4. The van der Waals surface area contributed by atoms with Crippen LogP contribution in [0.5, 0.6) is 0 Å². The standard InChI is InChI=1S/C10H18N6O2/c1-6(2)16-13-9(12-14-16)11-10(18)15-5-4-8(17)7(15)3/h6-8,17H,4-5H2,1-3H3,(H,11,13,18)/t7-,8-/m1/s1. The van der Waals surface area contributed by atoms with Gasteiger partial charge in [0.15, 0.2) is 0 Å². The van der Waals surface area contributed by atoms with E-state index in [9.17, 15) is 9.90 Å². The largest absolute Gasteiger partial charge is 0.391 e. The number of urea groups is 1. The smallest absolute Gasteiger partial charge is 0.324 e. The number of aliphatic hydroxyl groups is 1. The minimum atomic E-state index is -0.463. The van der Waals surface area contributed by atoms with Crippen molar-refractivity contribution in [2.24, 2.45) is 0 Å². The average Bonchev–Trinajstić information content (AvgIpc) is 2.88. The van der Waals surface area contributed by atoms with Crippen LogP contribution in [0.1, 0.15) is 33.2 Å². The van der Waals surface area contributed by atoms with Crippen molar-refractivity contribution in [2.75, 3.05) is 11.9 Å².